The van der Waals surface area contributed by atoms with Crippen LogP contribution in [0.25, 0.3) is 0 Å². The highest BCUT2D eigenvalue weighted by Crippen LogP contribution is 2.28. The first kappa shape index (κ1) is 12.4. The first-order chi connectivity index (χ1) is 8.69. The predicted octanol–water partition coefficient (Wildman–Crippen LogP) is -0.199. The summed E-state index contributed by atoms with van der Waals surface area (Å²) >= 11 is 0. The standard InChI is InChI=1S/C13H23N3O2/c14-13(3-9-18-10-4-13)12(17)16-7-5-15(6-8-16)11-1-2-11/h11H,1-10,14H2. The van der Waals surface area contributed by atoms with Gasteiger partial charge in [0.1, 0.15) is 0 Å². The highest BCUT2D eigenvalue weighted by molar-refractivity contribution is 5.86. The van der Waals surface area contributed by atoms with Gasteiger partial charge < -0.3 is 15.4 Å². The van der Waals surface area contributed by atoms with Crippen LogP contribution in [0.4, 0.5) is 0 Å². The van der Waals surface area contributed by atoms with E-state index in [9.17, 15) is 4.79 Å². The topological polar surface area (TPSA) is 58.8 Å². The summed E-state index contributed by atoms with van der Waals surface area (Å²) in [7, 11) is 0. The molecule has 2 N–H and O–H groups in total. The number of ether oxygens (including phenoxy) is 1. The lowest BCUT2D eigenvalue weighted by Crippen LogP contribution is -2.61. The molecule has 3 rings (SSSR count). The molecule has 0 radical (unpaired) electrons. The van der Waals surface area contributed by atoms with Crippen molar-refractivity contribution in [2.75, 3.05) is 39.4 Å². The highest BCUT2D eigenvalue weighted by Gasteiger charge is 2.40. The molecule has 0 atom stereocenters. The van der Waals surface area contributed by atoms with Crippen LogP contribution in [-0.4, -0.2) is 66.7 Å². The minimum absolute atomic E-state index is 0.140. The number of amides is 1. The Morgan fingerprint density at radius 1 is 1.11 bits per heavy atom. The van der Waals surface area contributed by atoms with E-state index in [1.165, 1.54) is 12.8 Å². The summed E-state index contributed by atoms with van der Waals surface area (Å²) in [6, 6.07) is 0.803. The Balaban J connectivity index is 1.56. The van der Waals surface area contributed by atoms with Gasteiger partial charge in [0, 0.05) is 45.4 Å². The van der Waals surface area contributed by atoms with E-state index in [0.717, 1.165) is 32.2 Å². The van der Waals surface area contributed by atoms with Crippen molar-refractivity contribution >= 4 is 5.91 Å². The zero-order chi connectivity index (χ0) is 12.6. The lowest BCUT2D eigenvalue weighted by atomic mass is 9.89. The van der Waals surface area contributed by atoms with Crippen molar-refractivity contribution in [2.45, 2.75) is 37.3 Å². The Bertz CT molecular complexity index is 316. The van der Waals surface area contributed by atoms with Gasteiger partial charge >= 0.3 is 0 Å². The first-order valence-corrected chi connectivity index (χ1v) is 7.09. The fraction of sp³-hybridized carbons (Fsp3) is 0.923. The van der Waals surface area contributed by atoms with E-state index in [4.69, 9.17) is 10.5 Å². The lowest BCUT2D eigenvalue weighted by Gasteiger charge is -2.41. The molecule has 2 saturated heterocycles. The van der Waals surface area contributed by atoms with Crippen LogP contribution in [-0.2, 0) is 9.53 Å². The monoisotopic (exact) mass is 253 g/mol. The summed E-state index contributed by atoms with van der Waals surface area (Å²) < 4.78 is 5.30. The number of hydrogen-bond donors (Lipinski definition) is 1. The van der Waals surface area contributed by atoms with E-state index in [2.05, 4.69) is 4.90 Å². The Kier molecular flexibility index (Phi) is 3.30. The third kappa shape index (κ3) is 2.39. The van der Waals surface area contributed by atoms with Crippen LogP contribution in [0.3, 0.4) is 0 Å². The van der Waals surface area contributed by atoms with Gasteiger partial charge in [0.05, 0.1) is 5.54 Å². The average Bonchev–Trinajstić information content (AvgIpc) is 3.23. The maximum absolute atomic E-state index is 12.5. The van der Waals surface area contributed by atoms with Gasteiger partial charge in [-0.1, -0.05) is 0 Å². The van der Waals surface area contributed by atoms with Gasteiger partial charge in [-0.15, -0.1) is 0 Å². The largest absolute Gasteiger partial charge is 0.381 e. The van der Waals surface area contributed by atoms with Gasteiger partial charge in [-0.05, 0) is 25.7 Å². The third-order valence-corrected chi connectivity index (χ3v) is 4.48. The normalized spacial score (nSPS) is 29.3. The molecule has 2 aliphatic heterocycles. The molecular formula is C13H23N3O2. The van der Waals surface area contributed by atoms with Crippen molar-refractivity contribution in [1.29, 1.82) is 0 Å². The highest BCUT2D eigenvalue weighted by atomic mass is 16.5. The van der Waals surface area contributed by atoms with Crippen LogP contribution in [0.2, 0.25) is 0 Å². The second-order valence-corrected chi connectivity index (χ2v) is 5.83. The van der Waals surface area contributed by atoms with Crippen LogP contribution in [0.5, 0.6) is 0 Å². The lowest BCUT2D eigenvalue weighted by molar-refractivity contribution is -0.142. The van der Waals surface area contributed by atoms with E-state index in [0.29, 0.717) is 26.1 Å². The van der Waals surface area contributed by atoms with Crippen molar-refractivity contribution in [1.82, 2.24) is 9.80 Å². The van der Waals surface area contributed by atoms with Crippen molar-refractivity contribution in [3.05, 3.63) is 0 Å². The molecule has 0 aromatic heterocycles. The molecule has 3 fully saturated rings. The molecule has 0 spiro atoms. The number of rotatable bonds is 2. The molecule has 2 heterocycles. The van der Waals surface area contributed by atoms with Crippen LogP contribution in [0, 0.1) is 0 Å². The fourth-order valence-electron chi connectivity index (χ4n) is 2.99. The molecule has 5 heteroatoms. The van der Waals surface area contributed by atoms with Gasteiger partial charge in [0.15, 0.2) is 0 Å². The molecule has 0 aromatic carbocycles. The minimum Gasteiger partial charge on any atom is -0.381 e. The SMILES string of the molecule is NC1(C(=O)N2CCN(C3CC3)CC2)CCOCC1. The van der Waals surface area contributed by atoms with Gasteiger partial charge in [-0.2, -0.15) is 0 Å². The molecule has 102 valence electrons. The van der Waals surface area contributed by atoms with Crippen molar-refractivity contribution < 1.29 is 9.53 Å². The van der Waals surface area contributed by atoms with E-state index in [-0.39, 0.29) is 5.91 Å². The third-order valence-electron chi connectivity index (χ3n) is 4.48. The smallest absolute Gasteiger partial charge is 0.242 e. The summed E-state index contributed by atoms with van der Waals surface area (Å²) in [5.41, 5.74) is 5.59. The minimum atomic E-state index is -0.667. The van der Waals surface area contributed by atoms with E-state index in [1.807, 2.05) is 4.90 Å². The molecule has 0 aromatic rings. The van der Waals surface area contributed by atoms with Crippen LogP contribution in [0.1, 0.15) is 25.7 Å². The second-order valence-electron chi connectivity index (χ2n) is 5.83. The number of hydrogen-bond acceptors (Lipinski definition) is 4. The molecule has 1 amide bonds. The predicted molar refractivity (Wildman–Crippen MR) is 68.1 cm³/mol. The Hall–Kier alpha value is -0.650. The maximum Gasteiger partial charge on any atom is 0.242 e. The maximum atomic E-state index is 12.5. The molecule has 5 nitrogen and oxygen atoms in total. The van der Waals surface area contributed by atoms with E-state index < -0.39 is 5.54 Å². The summed E-state index contributed by atoms with van der Waals surface area (Å²) in [5, 5.41) is 0. The van der Waals surface area contributed by atoms with Gasteiger partial charge in [0.25, 0.3) is 0 Å². The van der Waals surface area contributed by atoms with E-state index >= 15 is 0 Å². The molecule has 18 heavy (non-hydrogen) atoms. The second kappa shape index (κ2) is 4.79. The first-order valence-electron chi connectivity index (χ1n) is 7.09. The molecule has 1 saturated carbocycles. The Morgan fingerprint density at radius 2 is 1.72 bits per heavy atom. The number of nitrogens with two attached hydrogens (primary N) is 1. The van der Waals surface area contributed by atoms with Crippen LogP contribution in [0.15, 0.2) is 0 Å². The number of carbonyl (C=O) groups is 1. The number of nitrogens with zero attached hydrogens (tertiary/aromatic N) is 2. The van der Waals surface area contributed by atoms with Crippen molar-refractivity contribution in [3.63, 3.8) is 0 Å². The zero-order valence-electron chi connectivity index (χ0n) is 10.9. The van der Waals surface area contributed by atoms with Gasteiger partial charge in [0.2, 0.25) is 5.91 Å². The van der Waals surface area contributed by atoms with Crippen molar-refractivity contribution in [3.8, 4) is 0 Å². The number of piperazine rings is 1. The molecule has 1 aliphatic carbocycles. The summed E-state index contributed by atoms with van der Waals surface area (Å²) in [6.45, 7) is 4.95. The Morgan fingerprint density at radius 3 is 2.28 bits per heavy atom. The van der Waals surface area contributed by atoms with E-state index in [1.54, 1.807) is 0 Å². The summed E-state index contributed by atoms with van der Waals surface area (Å²) in [6.07, 6.45) is 4.00. The molecule has 0 bridgehead atoms. The van der Waals surface area contributed by atoms with Crippen LogP contribution >= 0.6 is 0 Å². The fourth-order valence-corrected chi connectivity index (χ4v) is 2.99. The number of carbonyl (C=O) groups excluding carboxylic acids is 1. The molecular weight excluding hydrogens is 230 g/mol. The zero-order valence-corrected chi connectivity index (χ0v) is 10.9. The summed E-state index contributed by atoms with van der Waals surface area (Å²) in [4.78, 5) is 17.0. The Labute approximate surface area is 108 Å². The van der Waals surface area contributed by atoms with Crippen molar-refractivity contribution in [2.24, 2.45) is 5.73 Å². The van der Waals surface area contributed by atoms with Gasteiger partial charge in [-0.25, -0.2) is 0 Å². The molecule has 0 unspecified atom stereocenters. The molecule has 3 aliphatic rings. The summed E-state index contributed by atoms with van der Waals surface area (Å²) in [5.74, 6) is 0.140. The van der Waals surface area contributed by atoms with Gasteiger partial charge in [-0.3, -0.25) is 9.69 Å². The average molecular weight is 253 g/mol. The van der Waals surface area contributed by atoms with Crippen LogP contribution < -0.4 is 5.73 Å². The quantitative estimate of drug-likeness (QED) is 0.740.